The first kappa shape index (κ1) is 14.5. The minimum Gasteiger partial charge on any atom is -0.338 e. The fraction of sp³-hybridized carbons (Fsp3) is 0.308. The van der Waals surface area contributed by atoms with Gasteiger partial charge in [0.1, 0.15) is 5.82 Å². The number of hydrogen-bond acceptors (Lipinski definition) is 3. The number of hydrogen-bond donors (Lipinski definition) is 2. The topological polar surface area (TPSA) is 71.8 Å². The largest absolute Gasteiger partial charge is 0.338 e. The molecule has 0 aromatic carbocycles. The van der Waals surface area contributed by atoms with E-state index < -0.39 is 0 Å². The highest BCUT2D eigenvalue weighted by atomic mass is 79.9. The Morgan fingerprint density at radius 2 is 2.35 bits per heavy atom. The van der Waals surface area contributed by atoms with E-state index in [4.69, 9.17) is 0 Å². The van der Waals surface area contributed by atoms with Crippen molar-refractivity contribution in [3.05, 3.63) is 41.0 Å². The van der Waals surface area contributed by atoms with Crippen LogP contribution in [0.3, 0.4) is 0 Å². The van der Waals surface area contributed by atoms with Gasteiger partial charge in [-0.25, -0.2) is 14.8 Å². The van der Waals surface area contributed by atoms with Gasteiger partial charge in [0.25, 0.3) is 0 Å². The standard InChI is InChI=1S/C13H16BrN5O/c1-10-7-11(14)8-17-12(10)18-13(20)16-3-2-5-19-6-4-15-9-19/h4,6-9H,2-3,5H2,1H3,(H2,16,17,18,20). The van der Waals surface area contributed by atoms with Crippen molar-refractivity contribution in [1.29, 1.82) is 0 Å². The third-order valence-electron chi connectivity index (χ3n) is 2.71. The van der Waals surface area contributed by atoms with E-state index >= 15 is 0 Å². The van der Waals surface area contributed by atoms with Crippen molar-refractivity contribution in [2.45, 2.75) is 19.9 Å². The summed E-state index contributed by atoms with van der Waals surface area (Å²) in [6.07, 6.45) is 7.89. The van der Waals surface area contributed by atoms with Gasteiger partial charge in [0, 0.05) is 36.2 Å². The predicted molar refractivity (Wildman–Crippen MR) is 80.5 cm³/mol. The molecule has 0 aliphatic carbocycles. The minimum atomic E-state index is -0.242. The second kappa shape index (κ2) is 7.04. The molecule has 0 bridgehead atoms. The zero-order valence-electron chi connectivity index (χ0n) is 11.1. The first-order valence-corrected chi connectivity index (χ1v) is 7.07. The van der Waals surface area contributed by atoms with Crippen molar-refractivity contribution in [2.75, 3.05) is 11.9 Å². The van der Waals surface area contributed by atoms with Gasteiger partial charge in [-0.2, -0.15) is 0 Å². The van der Waals surface area contributed by atoms with E-state index in [-0.39, 0.29) is 6.03 Å². The number of nitrogens with one attached hydrogen (secondary N) is 2. The van der Waals surface area contributed by atoms with Gasteiger partial charge in [-0.05, 0) is 40.9 Å². The van der Waals surface area contributed by atoms with Crippen LogP contribution in [0.25, 0.3) is 0 Å². The molecule has 106 valence electrons. The van der Waals surface area contributed by atoms with Crippen molar-refractivity contribution in [3.8, 4) is 0 Å². The van der Waals surface area contributed by atoms with E-state index in [0.29, 0.717) is 12.4 Å². The highest BCUT2D eigenvalue weighted by Crippen LogP contribution is 2.16. The molecule has 20 heavy (non-hydrogen) atoms. The molecule has 0 saturated carbocycles. The molecule has 0 radical (unpaired) electrons. The molecule has 7 heteroatoms. The van der Waals surface area contributed by atoms with Crippen LogP contribution >= 0.6 is 15.9 Å². The van der Waals surface area contributed by atoms with Crippen LogP contribution in [-0.2, 0) is 6.54 Å². The summed E-state index contributed by atoms with van der Waals surface area (Å²) in [4.78, 5) is 19.8. The number of anilines is 1. The number of nitrogens with zero attached hydrogens (tertiary/aromatic N) is 3. The fourth-order valence-corrected chi connectivity index (χ4v) is 2.15. The Hall–Kier alpha value is -1.89. The van der Waals surface area contributed by atoms with Gasteiger partial charge < -0.3 is 9.88 Å². The van der Waals surface area contributed by atoms with Crippen LogP contribution in [0, 0.1) is 6.92 Å². The number of urea groups is 1. The monoisotopic (exact) mass is 337 g/mol. The first-order valence-electron chi connectivity index (χ1n) is 6.28. The number of pyridine rings is 1. The van der Waals surface area contributed by atoms with Crippen molar-refractivity contribution >= 4 is 27.8 Å². The molecule has 0 spiro atoms. The smallest absolute Gasteiger partial charge is 0.320 e. The summed E-state index contributed by atoms with van der Waals surface area (Å²) in [5.74, 6) is 0.570. The molecule has 6 nitrogen and oxygen atoms in total. The zero-order valence-corrected chi connectivity index (χ0v) is 12.7. The van der Waals surface area contributed by atoms with Crippen LogP contribution in [0.15, 0.2) is 35.5 Å². The lowest BCUT2D eigenvalue weighted by molar-refractivity contribution is 0.251. The van der Waals surface area contributed by atoms with E-state index in [0.717, 1.165) is 23.0 Å². The third-order valence-corrected chi connectivity index (χ3v) is 3.15. The quantitative estimate of drug-likeness (QED) is 0.823. The summed E-state index contributed by atoms with van der Waals surface area (Å²) >= 11 is 3.33. The van der Waals surface area contributed by atoms with Crippen molar-refractivity contribution in [1.82, 2.24) is 19.9 Å². The van der Waals surface area contributed by atoms with Crippen LogP contribution in [0.5, 0.6) is 0 Å². The molecule has 0 fully saturated rings. The summed E-state index contributed by atoms with van der Waals surface area (Å²) in [7, 11) is 0. The Kier molecular flexibility index (Phi) is 5.11. The van der Waals surface area contributed by atoms with Gasteiger partial charge in [0.15, 0.2) is 0 Å². The summed E-state index contributed by atoms with van der Waals surface area (Å²) in [5, 5.41) is 5.53. The molecule has 0 aliphatic heterocycles. The normalized spacial score (nSPS) is 10.3. The van der Waals surface area contributed by atoms with Crippen LogP contribution in [-0.4, -0.2) is 27.1 Å². The van der Waals surface area contributed by atoms with Gasteiger partial charge in [0.2, 0.25) is 0 Å². The molecule has 0 aliphatic rings. The third kappa shape index (κ3) is 4.34. The van der Waals surface area contributed by atoms with Crippen molar-refractivity contribution < 1.29 is 4.79 Å². The van der Waals surface area contributed by atoms with E-state index in [1.54, 1.807) is 18.7 Å². The van der Waals surface area contributed by atoms with E-state index in [1.165, 1.54) is 0 Å². The second-order valence-corrected chi connectivity index (χ2v) is 5.27. The molecule has 2 heterocycles. The maximum Gasteiger partial charge on any atom is 0.320 e. The molecule has 0 saturated heterocycles. The number of aromatic nitrogens is 3. The molecule has 2 amide bonds. The van der Waals surface area contributed by atoms with Crippen LogP contribution in [0.4, 0.5) is 10.6 Å². The lowest BCUT2D eigenvalue weighted by Crippen LogP contribution is -2.30. The fourth-order valence-electron chi connectivity index (χ4n) is 1.71. The average molecular weight is 338 g/mol. The van der Waals surface area contributed by atoms with Crippen molar-refractivity contribution in [3.63, 3.8) is 0 Å². The Balaban J connectivity index is 1.72. The molecule has 2 rings (SSSR count). The van der Waals surface area contributed by atoms with Crippen LogP contribution < -0.4 is 10.6 Å². The maximum absolute atomic E-state index is 11.7. The lowest BCUT2D eigenvalue weighted by Gasteiger charge is -2.09. The summed E-state index contributed by atoms with van der Waals surface area (Å²) in [6.45, 7) is 3.32. The number of aryl methyl sites for hydroxylation is 2. The van der Waals surface area contributed by atoms with Gasteiger partial charge >= 0.3 is 6.03 Å². The molecule has 2 N–H and O–H groups in total. The Bertz CT molecular complexity index is 570. The van der Waals surface area contributed by atoms with Crippen molar-refractivity contribution in [2.24, 2.45) is 0 Å². The van der Waals surface area contributed by atoms with Gasteiger partial charge in [0.05, 0.1) is 6.33 Å². The number of imidazole rings is 1. The molecular weight excluding hydrogens is 322 g/mol. The van der Waals surface area contributed by atoms with Gasteiger partial charge in [-0.15, -0.1) is 0 Å². The molecule has 0 unspecified atom stereocenters. The molecule has 2 aromatic rings. The molecular formula is C13H16BrN5O. The average Bonchev–Trinajstić information content (AvgIpc) is 2.91. The first-order chi connectivity index (χ1) is 9.65. The molecule has 0 atom stereocenters. The SMILES string of the molecule is Cc1cc(Br)cnc1NC(=O)NCCCn1ccnc1. The predicted octanol–water partition coefficient (Wildman–Crippen LogP) is 2.56. The van der Waals surface area contributed by atoms with Crippen LogP contribution in [0.2, 0.25) is 0 Å². The Morgan fingerprint density at radius 3 is 3.05 bits per heavy atom. The minimum absolute atomic E-state index is 0.242. The highest BCUT2D eigenvalue weighted by Gasteiger charge is 2.05. The highest BCUT2D eigenvalue weighted by molar-refractivity contribution is 9.10. The molecule has 2 aromatic heterocycles. The van der Waals surface area contributed by atoms with Crippen LogP contribution in [0.1, 0.15) is 12.0 Å². The van der Waals surface area contributed by atoms with Gasteiger partial charge in [-0.3, -0.25) is 5.32 Å². The number of halogens is 1. The Labute approximate surface area is 125 Å². The summed E-state index contributed by atoms with van der Waals surface area (Å²) < 4.78 is 2.86. The van der Waals surface area contributed by atoms with E-state index in [1.807, 2.05) is 23.8 Å². The summed E-state index contributed by atoms with van der Waals surface area (Å²) in [6, 6.07) is 1.66. The second-order valence-electron chi connectivity index (χ2n) is 4.35. The van der Waals surface area contributed by atoms with Gasteiger partial charge in [-0.1, -0.05) is 0 Å². The van der Waals surface area contributed by atoms with E-state index in [9.17, 15) is 4.79 Å². The number of carbonyl (C=O) groups is 1. The number of amides is 2. The number of carbonyl (C=O) groups excluding carboxylic acids is 1. The zero-order chi connectivity index (χ0) is 14.4. The summed E-state index contributed by atoms with van der Waals surface area (Å²) in [5.41, 5.74) is 0.910. The van der Waals surface area contributed by atoms with E-state index in [2.05, 4.69) is 36.5 Å². The Morgan fingerprint density at radius 1 is 1.50 bits per heavy atom. The maximum atomic E-state index is 11.7. The number of rotatable bonds is 5. The lowest BCUT2D eigenvalue weighted by atomic mass is 10.3.